The van der Waals surface area contributed by atoms with Crippen molar-refractivity contribution >= 4 is 17.7 Å². The summed E-state index contributed by atoms with van der Waals surface area (Å²) < 4.78 is 26.4. The van der Waals surface area contributed by atoms with E-state index in [4.69, 9.17) is 0 Å². The number of benzene rings is 1. The number of carbonyl (C=O) groups is 1. The normalized spacial score (nSPS) is 13.8. The smallest absolute Gasteiger partial charge is 0.230 e. The summed E-state index contributed by atoms with van der Waals surface area (Å²) in [5, 5.41) is 12.7. The lowest BCUT2D eigenvalue weighted by Gasteiger charge is -2.24. The van der Waals surface area contributed by atoms with Crippen molar-refractivity contribution in [3.63, 3.8) is 0 Å². The molecule has 0 aliphatic rings. The first kappa shape index (κ1) is 16.9. The van der Waals surface area contributed by atoms with Gasteiger partial charge in [0.1, 0.15) is 17.2 Å². The van der Waals surface area contributed by atoms with E-state index in [2.05, 4.69) is 5.32 Å². The Morgan fingerprint density at radius 1 is 1.45 bits per heavy atom. The van der Waals surface area contributed by atoms with Crippen molar-refractivity contribution in [1.29, 1.82) is 0 Å². The Hall–Kier alpha value is -1.14. The van der Waals surface area contributed by atoms with E-state index in [1.54, 1.807) is 0 Å². The molecule has 3 nitrogen and oxygen atoms in total. The van der Waals surface area contributed by atoms with E-state index in [0.717, 1.165) is 18.2 Å². The Kier molecular flexibility index (Phi) is 6.42. The van der Waals surface area contributed by atoms with Crippen LogP contribution >= 0.6 is 11.8 Å². The molecule has 1 aromatic carbocycles. The van der Waals surface area contributed by atoms with Gasteiger partial charge < -0.3 is 10.4 Å². The average molecular weight is 303 g/mol. The highest BCUT2D eigenvalue weighted by Gasteiger charge is 2.27. The zero-order valence-corrected chi connectivity index (χ0v) is 12.4. The number of nitrogens with one attached hydrogen (secondary N) is 1. The van der Waals surface area contributed by atoms with Crippen LogP contribution in [-0.2, 0) is 10.4 Å². The fourth-order valence-electron chi connectivity index (χ4n) is 1.65. The molecule has 6 heteroatoms. The summed E-state index contributed by atoms with van der Waals surface area (Å²) in [5.41, 5.74) is -1.62. The van der Waals surface area contributed by atoms with Crippen LogP contribution in [-0.4, -0.2) is 29.1 Å². The highest BCUT2D eigenvalue weighted by atomic mass is 32.2. The molecule has 1 amide bonds. The quantitative estimate of drug-likeness (QED) is 0.761. The molecule has 0 radical (unpaired) electrons. The Morgan fingerprint density at radius 2 is 2.15 bits per heavy atom. The summed E-state index contributed by atoms with van der Waals surface area (Å²) in [4.78, 5) is 11.5. The van der Waals surface area contributed by atoms with E-state index < -0.39 is 17.2 Å². The lowest BCUT2D eigenvalue weighted by molar-refractivity contribution is -0.119. The summed E-state index contributed by atoms with van der Waals surface area (Å²) in [5.74, 6) is -0.565. The minimum Gasteiger partial charge on any atom is -0.383 e. The van der Waals surface area contributed by atoms with Gasteiger partial charge >= 0.3 is 0 Å². The minimum absolute atomic E-state index is 0.0413. The van der Waals surface area contributed by atoms with Crippen LogP contribution in [0.4, 0.5) is 8.78 Å². The van der Waals surface area contributed by atoms with Crippen LogP contribution in [0.2, 0.25) is 0 Å². The maximum atomic E-state index is 13.6. The van der Waals surface area contributed by atoms with Gasteiger partial charge in [0.2, 0.25) is 5.91 Å². The molecular formula is C14H19F2NO2S. The minimum atomic E-state index is -1.58. The van der Waals surface area contributed by atoms with Gasteiger partial charge in [-0.1, -0.05) is 13.0 Å². The molecule has 0 bridgehead atoms. The Bertz CT molecular complexity index is 466. The van der Waals surface area contributed by atoms with Crippen molar-refractivity contribution < 1.29 is 18.7 Å². The topological polar surface area (TPSA) is 49.3 Å². The predicted molar refractivity (Wildman–Crippen MR) is 76.6 cm³/mol. The summed E-state index contributed by atoms with van der Waals surface area (Å²) in [7, 11) is 0. The van der Waals surface area contributed by atoms with Crippen LogP contribution in [0.25, 0.3) is 0 Å². The number of aliphatic hydroxyl groups is 1. The van der Waals surface area contributed by atoms with E-state index >= 15 is 0 Å². The van der Waals surface area contributed by atoms with Gasteiger partial charge in [0.15, 0.2) is 0 Å². The van der Waals surface area contributed by atoms with Crippen molar-refractivity contribution in [3.05, 3.63) is 35.4 Å². The molecule has 1 aromatic rings. The molecule has 20 heavy (non-hydrogen) atoms. The van der Waals surface area contributed by atoms with Crippen LogP contribution < -0.4 is 5.32 Å². The number of halogens is 2. The van der Waals surface area contributed by atoms with Crippen molar-refractivity contribution in [2.75, 3.05) is 18.1 Å². The molecule has 2 N–H and O–H groups in total. The van der Waals surface area contributed by atoms with Gasteiger partial charge in [-0.3, -0.25) is 4.79 Å². The molecule has 0 fully saturated rings. The second-order valence-electron chi connectivity index (χ2n) is 4.73. The first-order valence-corrected chi connectivity index (χ1v) is 7.54. The van der Waals surface area contributed by atoms with E-state index in [9.17, 15) is 18.7 Å². The maximum Gasteiger partial charge on any atom is 0.230 e. The standard InChI is InChI=1S/C14H19F2NO2S/c1-3-6-20-8-13(18)17-9-14(2,19)11-5-4-10(15)7-12(11)16/h4-5,7,19H,3,6,8-9H2,1-2H3,(H,17,18). The van der Waals surface area contributed by atoms with Gasteiger partial charge in [-0.15, -0.1) is 0 Å². The van der Waals surface area contributed by atoms with Crippen LogP contribution in [0.3, 0.4) is 0 Å². The third-order valence-electron chi connectivity index (χ3n) is 2.72. The molecule has 0 saturated heterocycles. The Labute approximate surface area is 121 Å². The number of carbonyl (C=O) groups excluding carboxylic acids is 1. The highest BCUT2D eigenvalue weighted by molar-refractivity contribution is 7.99. The Morgan fingerprint density at radius 3 is 2.75 bits per heavy atom. The Balaban J connectivity index is 2.58. The van der Waals surface area contributed by atoms with Crippen molar-refractivity contribution in [1.82, 2.24) is 5.32 Å². The lowest BCUT2D eigenvalue weighted by atomic mass is 9.95. The molecular weight excluding hydrogens is 284 g/mol. The summed E-state index contributed by atoms with van der Waals surface area (Å²) >= 11 is 1.50. The second kappa shape index (κ2) is 7.59. The molecule has 0 spiro atoms. The molecule has 0 aromatic heterocycles. The molecule has 0 saturated carbocycles. The molecule has 1 unspecified atom stereocenters. The van der Waals surface area contributed by atoms with Gasteiger partial charge in [-0.05, 0) is 25.2 Å². The number of rotatable bonds is 7. The fraction of sp³-hybridized carbons (Fsp3) is 0.500. The van der Waals surface area contributed by atoms with Crippen LogP contribution in [0.5, 0.6) is 0 Å². The van der Waals surface area contributed by atoms with Gasteiger partial charge in [0.25, 0.3) is 0 Å². The first-order valence-electron chi connectivity index (χ1n) is 6.39. The lowest BCUT2D eigenvalue weighted by Crippen LogP contribution is -2.40. The summed E-state index contributed by atoms with van der Waals surface area (Å²) in [6.45, 7) is 3.27. The van der Waals surface area contributed by atoms with Gasteiger partial charge in [0.05, 0.1) is 12.3 Å². The van der Waals surface area contributed by atoms with Gasteiger partial charge in [-0.2, -0.15) is 11.8 Å². The molecule has 0 aliphatic carbocycles. The number of amides is 1. The van der Waals surface area contributed by atoms with Crippen molar-refractivity contribution in [3.8, 4) is 0 Å². The molecule has 1 atom stereocenters. The van der Waals surface area contributed by atoms with Crippen LogP contribution in [0.1, 0.15) is 25.8 Å². The van der Waals surface area contributed by atoms with E-state index in [-0.39, 0.29) is 18.0 Å². The van der Waals surface area contributed by atoms with Crippen LogP contribution in [0, 0.1) is 11.6 Å². The third kappa shape index (κ3) is 5.09. The second-order valence-corrected chi connectivity index (χ2v) is 5.83. The molecule has 0 aliphatic heterocycles. The van der Waals surface area contributed by atoms with Crippen molar-refractivity contribution in [2.24, 2.45) is 0 Å². The van der Waals surface area contributed by atoms with Gasteiger partial charge in [0, 0.05) is 11.6 Å². The largest absolute Gasteiger partial charge is 0.383 e. The maximum absolute atomic E-state index is 13.6. The van der Waals surface area contributed by atoms with E-state index in [1.165, 1.54) is 24.8 Å². The molecule has 1 rings (SSSR count). The monoisotopic (exact) mass is 303 g/mol. The molecule has 112 valence electrons. The van der Waals surface area contributed by atoms with Gasteiger partial charge in [-0.25, -0.2) is 8.78 Å². The average Bonchev–Trinajstić information content (AvgIpc) is 2.36. The zero-order chi connectivity index (χ0) is 15.2. The fourth-order valence-corrected chi connectivity index (χ4v) is 2.37. The molecule has 0 heterocycles. The number of hydrogen-bond acceptors (Lipinski definition) is 3. The van der Waals surface area contributed by atoms with E-state index in [0.29, 0.717) is 11.8 Å². The van der Waals surface area contributed by atoms with E-state index in [1.807, 2.05) is 6.92 Å². The first-order chi connectivity index (χ1) is 9.36. The third-order valence-corrected chi connectivity index (χ3v) is 3.89. The SMILES string of the molecule is CCCSCC(=O)NCC(C)(O)c1ccc(F)cc1F. The number of thioether (sulfide) groups is 1. The van der Waals surface area contributed by atoms with Crippen molar-refractivity contribution in [2.45, 2.75) is 25.9 Å². The zero-order valence-electron chi connectivity index (χ0n) is 11.6. The predicted octanol–water partition coefficient (Wildman–Crippen LogP) is 2.43. The number of hydrogen-bond donors (Lipinski definition) is 2. The summed E-state index contributed by atoms with van der Waals surface area (Å²) in [6.07, 6.45) is 0.983. The summed E-state index contributed by atoms with van der Waals surface area (Å²) in [6, 6.07) is 2.97. The highest BCUT2D eigenvalue weighted by Crippen LogP contribution is 2.23. The van der Waals surface area contributed by atoms with Crippen LogP contribution in [0.15, 0.2) is 18.2 Å².